The number of benzene rings is 1. The molecule has 17 heavy (non-hydrogen) atoms. The van der Waals surface area contributed by atoms with Crippen LogP contribution in [0.2, 0.25) is 0 Å². The quantitative estimate of drug-likeness (QED) is 0.844. The van der Waals surface area contributed by atoms with Gasteiger partial charge in [-0.3, -0.25) is 4.98 Å². The molecule has 0 atom stereocenters. The molecule has 2 nitrogen and oxygen atoms in total. The van der Waals surface area contributed by atoms with E-state index in [0.29, 0.717) is 0 Å². The van der Waals surface area contributed by atoms with Gasteiger partial charge in [-0.25, -0.2) is 0 Å². The normalized spacial score (nSPS) is 10.1. The van der Waals surface area contributed by atoms with Gasteiger partial charge in [-0.2, -0.15) is 0 Å². The Kier molecular flexibility index (Phi) is 4.05. The van der Waals surface area contributed by atoms with Gasteiger partial charge in [0.05, 0.1) is 5.69 Å². The van der Waals surface area contributed by atoms with Gasteiger partial charge in [-0.15, -0.1) is 0 Å². The van der Waals surface area contributed by atoms with E-state index < -0.39 is 0 Å². The molecule has 1 heterocycles. The summed E-state index contributed by atoms with van der Waals surface area (Å²) in [4.78, 5) is 4.26. The van der Waals surface area contributed by atoms with Crippen molar-refractivity contribution >= 4 is 6.08 Å². The Morgan fingerprint density at radius 2 is 1.88 bits per heavy atom. The first-order chi connectivity index (χ1) is 8.38. The minimum absolute atomic E-state index is 0.796. The molecule has 0 saturated heterocycles. The van der Waals surface area contributed by atoms with Crippen LogP contribution in [0.1, 0.15) is 16.8 Å². The molecule has 1 aromatic carbocycles. The van der Waals surface area contributed by atoms with Gasteiger partial charge in [-0.05, 0) is 23.3 Å². The zero-order chi connectivity index (χ0) is 11.9. The molecule has 0 fully saturated rings. The van der Waals surface area contributed by atoms with Gasteiger partial charge >= 0.3 is 0 Å². The van der Waals surface area contributed by atoms with Crippen LogP contribution in [0.5, 0.6) is 0 Å². The largest absolute Gasteiger partial charge is 0.307 e. The van der Waals surface area contributed by atoms with Crippen LogP contribution in [-0.2, 0) is 13.1 Å². The van der Waals surface area contributed by atoms with Gasteiger partial charge < -0.3 is 5.32 Å². The van der Waals surface area contributed by atoms with Gasteiger partial charge in [-0.1, -0.05) is 43.0 Å². The first-order valence-electron chi connectivity index (χ1n) is 5.70. The Morgan fingerprint density at radius 3 is 2.53 bits per heavy atom. The summed E-state index contributed by atoms with van der Waals surface area (Å²) in [5.74, 6) is 0. The summed E-state index contributed by atoms with van der Waals surface area (Å²) in [5, 5.41) is 3.37. The highest BCUT2D eigenvalue weighted by Gasteiger charge is 1.94. The molecule has 0 amide bonds. The molecular weight excluding hydrogens is 208 g/mol. The fourth-order valence-corrected chi connectivity index (χ4v) is 1.61. The molecule has 0 radical (unpaired) electrons. The van der Waals surface area contributed by atoms with E-state index in [-0.39, 0.29) is 0 Å². The molecule has 2 heteroatoms. The van der Waals surface area contributed by atoms with E-state index in [1.807, 2.05) is 30.5 Å². The molecule has 0 bridgehead atoms. The van der Waals surface area contributed by atoms with E-state index in [4.69, 9.17) is 0 Å². The molecule has 1 aromatic heterocycles. The summed E-state index contributed by atoms with van der Waals surface area (Å²) in [6.45, 7) is 5.39. The van der Waals surface area contributed by atoms with Gasteiger partial charge in [0.25, 0.3) is 0 Å². The summed E-state index contributed by atoms with van der Waals surface area (Å²) in [6, 6.07) is 14.3. The monoisotopic (exact) mass is 224 g/mol. The average molecular weight is 224 g/mol. The highest BCUT2D eigenvalue weighted by Crippen LogP contribution is 2.05. The average Bonchev–Trinajstić information content (AvgIpc) is 2.41. The maximum atomic E-state index is 4.26. The number of aromatic nitrogens is 1. The lowest BCUT2D eigenvalue weighted by atomic mass is 10.1. The van der Waals surface area contributed by atoms with Crippen LogP contribution >= 0.6 is 0 Å². The minimum atomic E-state index is 0.796. The molecule has 2 rings (SSSR count). The van der Waals surface area contributed by atoms with Gasteiger partial charge in [0.1, 0.15) is 0 Å². The summed E-state index contributed by atoms with van der Waals surface area (Å²) < 4.78 is 0. The standard InChI is InChI=1S/C15H16N2/c1-2-13-6-8-14(9-7-13)11-16-12-15-5-3-4-10-17-15/h2-10,16H,1,11-12H2. The van der Waals surface area contributed by atoms with Crippen LogP contribution in [-0.4, -0.2) is 4.98 Å². The maximum Gasteiger partial charge on any atom is 0.0541 e. The molecule has 0 unspecified atom stereocenters. The van der Waals surface area contributed by atoms with E-state index >= 15 is 0 Å². The molecule has 86 valence electrons. The van der Waals surface area contributed by atoms with E-state index in [0.717, 1.165) is 24.3 Å². The second-order valence-corrected chi connectivity index (χ2v) is 3.87. The second-order valence-electron chi connectivity index (χ2n) is 3.87. The third-order valence-electron chi connectivity index (χ3n) is 2.58. The van der Waals surface area contributed by atoms with Crippen LogP contribution in [0.25, 0.3) is 6.08 Å². The molecule has 0 spiro atoms. The Morgan fingerprint density at radius 1 is 1.06 bits per heavy atom. The minimum Gasteiger partial charge on any atom is -0.307 e. The van der Waals surface area contributed by atoms with E-state index in [1.165, 1.54) is 5.56 Å². The third-order valence-corrected chi connectivity index (χ3v) is 2.58. The molecule has 0 aliphatic carbocycles. The van der Waals surface area contributed by atoms with Crippen LogP contribution in [0.4, 0.5) is 0 Å². The van der Waals surface area contributed by atoms with Gasteiger partial charge in [0, 0.05) is 19.3 Å². The molecule has 0 aliphatic heterocycles. The summed E-state index contributed by atoms with van der Waals surface area (Å²) in [6.07, 6.45) is 3.67. The van der Waals surface area contributed by atoms with Crippen molar-refractivity contribution < 1.29 is 0 Å². The van der Waals surface area contributed by atoms with Crippen molar-refractivity contribution in [3.05, 3.63) is 72.1 Å². The smallest absolute Gasteiger partial charge is 0.0541 e. The van der Waals surface area contributed by atoms with Crippen molar-refractivity contribution in [3.8, 4) is 0 Å². The molecular formula is C15H16N2. The first kappa shape index (κ1) is 11.6. The Bertz CT molecular complexity index is 460. The number of rotatable bonds is 5. The van der Waals surface area contributed by atoms with Gasteiger partial charge in [0.2, 0.25) is 0 Å². The predicted octanol–water partition coefficient (Wildman–Crippen LogP) is 3.01. The van der Waals surface area contributed by atoms with Crippen LogP contribution in [0, 0.1) is 0 Å². The number of hydrogen-bond donors (Lipinski definition) is 1. The number of hydrogen-bond acceptors (Lipinski definition) is 2. The highest BCUT2D eigenvalue weighted by atomic mass is 14.9. The van der Waals surface area contributed by atoms with E-state index in [9.17, 15) is 0 Å². The van der Waals surface area contributed by atoms with Crippen LogP contribution in [0.3, 0.4) is 0 Å². The fourth-order valence-electron chi connectivity index (χ4n) is 1.61. The predicted molar refractivity (Wildman–Crippen MR) is 71.3 cm³/mol. The lowest BCUT2D eigenvalue weighted by Crippen LogP contribution is -2.13. The highest BCUT2D eigenvalue weighted by molar-refractivity contribution is 5.47. The Labute approximate surface area is 102 Å². The molecule has 1 N–H and O–H groups in total. The Hall–Kier alpha value is -1.93. The zero-order valence-electron chi connectivity index (χ0n) is 9.76. The van der Waals surface area contributed by atoms with Gasteiger partial charge in [0.15, 0.2) is 0 Å². The van der Waals surface area contributed by atoms with Crippen molar-refractivity contribution in [1.82, 2.24) is 10.3 Å². The second kappa shape index (κ2) is 5.97. The van der Waals surface area contributed by atoms with E-state index in [2.05, 4.69) is 41.1 Å². The van der Waals surface area contributed by atoms with Crippen molar-refractivity contribution in [2.75, 3.05) is 0 Å². The number of pyridine rings is 1. The third kappa shape index (κ3) is 3.54. The summed E-state index contributed by atoms with van der Waals surface area (Å²) in [5.41, 5.74) is 3.49. The molecule has 0 saturated carbocycles. The van der Waals surface area contributed by atoms with Crippen LogP contribution in [0.15, 0.2) is 55.2 Å². The lowest BCUT2D eigenvalue weighted by Gasteiger charge is -2.04. The van der Waals surface area contributed by atoms with Crippen molar-refractivity contribution in [2.45, 2.75) is 13.1 Å². The first-order valence-corrected chi connectivity index (χ1v) is 5.70. The van der Waals surface area contributed by atoms with Crippen LogP contribution < -0.4 is 5.32 Å². The number of nitrogens with one attached hydrogen (secondary N) is 1. The van der Waals surface area contributed by atoms with Crippen molar-refractivity contribution in [3.63, 3.8) is 0 Å². The van der Waals surface area contributed by atoms with Crippen molar-refractivity contribution in [1.29, 1.82) is 0 Å². The fraction of sp³-hybridized carbons (Fsp3) is 0.133. The maximum absolute atomic E-state index is 4.26. The molecule has 2 aromatic rings. The zero-order valence-corrected chi connectivity index (χ0v) is 9.76. The lowest BCUT2D eigenvalue weighted by molar-refractivity contribution is 0.680. The number of nitrogens with zero attached hydrogens (tertiary/aromatic N) is 1. The van der Waals surface area contributed by atoms with E-state index in [1.54, 1.807) is 0 Å². The topological polar surface area (TPSA) is 24.9 Å². The SMILES string of the molecule is C=Cc1ccc(CNCc2ccccn2)cc1. The Balaban J connectivity index is 1.84. The molecule has 0 aliphatic rings. The van der Waals surface area contributed by atoms with Crippen molar-refractivity contribution in [2.24, 2.45) is 0 Å². The summed E-state index contributed by atoms with van der Waals surface area (Å²) in [7, 11) is 0. The summed E-state index contributed by atoms with van der Waals surface area (Å²) >= 11 is 0.